The van der Waals surface area contributed by atoms with Crippen LogP contribution in [0.1, 0.15) is 46.5 Å². The zero-order valence-electron chi connectivity index (χ0n) is 15.9. The van der Waals surface area contributed by atoms with E-state index in [1.54, 1.807) is 6.92 Å². The Morgan fingerprint density at radius 1 is 1.11 bits per heavy atom. The Labute approximate surface area is 157 Å². The molecular weight excluding hydrogens is 365 g/mol. The molecule has 2 bridgehead atoms. The number of alkyl halides is 3. The van der Waals surface area contributed by atoms with Crippen LogP contribution in [0.2, 0.25) is 0 Å². The van der Waals surface area contributed by atoms with Gasteiger partial charge in [0.1, 0.15) is 0 Å². The topological polar surface area (TPSA) is 46.2 Å². The minimum Gasteiger partial charge on any atom is -0.338 e. The van der Waals surface area contributed by atoms with Gasteiger partial charge in [-0.2, -0.15) is 13.2 Å². The summed E-state index contributed by atoms with van der Waals surface area (Å²) in [5, 5.41) is 0. The Kier molecular flexibility index (Phi) is 4.48. The van der Waals surface area contributed by atoms with Gasteiger partial charge in [0.2, 0.25) is 5.79 Å². The van der Waals surface area contributed by atoms with E-state index in [1.165, 1.54) is 13.0 Å². The second-order valence-electron chi connectivity index (χ2n) is 8.58. The summed E-state index contributed by atoms with van der Waals surface area (Å²) in [7, 11) is 0. The van der Waals surface area contributed by atoms with Crippen molar-refractivity contribution in [3.05, 3.63) is 12.7 Å². The van der Waals surface area contributed by atoms with Crippen molar-refractivity contribution in [3.8, 4) is 0 Å². The molecule has 0 N–H and O–H groups in total. The molecule has 1 spiro atoms. The molecule has 0 radical (unpaired) electrons. The summed E-state index contributed by atoms with van der Waals surface area (Å²) in [4.78, 5) is 11.5. The van der Waals surface area contributed by atoms with E-state index in [0.717, 1.165) is 12.8 Å². The predicted molar refractivity (Wildman–Crippen MR) is 88.0 cm³/mol. The highest BCUT2D eigenvalue weighted by molar-refractivity contribution is 5.12. The Morgan fingerprint density at radius 2 is 1.85 bits per heavy atom. The van der Waals surface area contributed by atoms with Gasteiger partial charge in [-0.3, -0.25) is 0 Å². The first kappa shape index (κ1) is 19.6. The van der Waals surface area contributed by atoms with Gasteiger partial charge < -0.3 is 14.2 Å². The summed E-state index contributed by atoms with van der Waals surface area (Å²) in [6, 6.07) is 0. The van der Waals surface area contributed by atoms with E-state index < -0.39 is 41.5 Å². The molecule has 4 heterocycles. The zero-order valence-corrected chi connectivity index (χ0v) is 15.9. The number of hydrogen-bond donors (Lipinski definition) is 0. The van der Waals surface area contributed by atoms with Crippen LogP contribution in [-0.2, 0) is 24.0 Å². The lowest BCUT2D eigenvalue weighted by atomic mass is 9.57. The molecule has 8 heteroatoms. The largest absolute Gasteiger partial charge is 0.443 e. The molecule has 4 aliphatic heterocycles. The van der Waals surface area contributed by atoms with E-state index in [9.17, 15) is 13.2 Å². The summed E-state index contributed by atoms with van der Waals surface area (Å²) in [5.41, 5.74) is -1.06. The van der Waals surface area contributed by atoms with Gasteiger partial charge in [0.15, 0.2) is 11.9 Å². The second kappa shape index (κ2) is 6.16. The molecule has 0 aromatic heterocycles. The fourth-order valence-corrected chi connectivity index (χ4v) is 5.67. The molecule has 8 atom stereocenters. The lowest BCUT2D eigenvalue weighted by molar-refractivity contribution is -0.598. The summed E-state index contributed by atoms with van der Waals surface area (Å²) in [5.74, 6) is -5.08. The Hall–Kier alpha value is -0.670. The molecule has 154 valence electrons. The maximum Gasteiger partial charge on any atom is 0.443 e. The normalized spacial score (nSPS) is 52.1. The van der Waals surface area contributed by atoms with Gasteiger partial charge >= 0.3 is 6.18 Å². The van der Waals surface area contributed by atoms with Gasteiger partial charge in [-0.15, -0.1) is 6.58 Å². The Morgan fingerprint density at radius 3 is 2.52 bits per heavy atom. The average Bonchev–Trinajstić information content (AvgIpc) is 2.82. The highest BCUT2D eigenvalue weighted by atomic mass is 19.4. The maximum atomic E-state index is 14.3. The lowest BCUT2D eigenvalue weighted by Crippen LogP contribution is -2.76. The van der Waals surface area contributed by atoms with Gasteiger partial charge in [0.25, 0.3) is 5.79 Å². The van der Waals surface area contributed by atoms with Crippen molar-refractivity contribution in [2.75, 3.05) is 6.61 Å². The molecule has 0 aromatic rings. The fraction of sp³-hybridized carbons (Fsp3) is 0.895. The fourth-order valence-electron chi connectivity index (χ4n) is 5.67. The van der Waals surface area contributed by atoms with Gasteiger partial charge in [-0.05, 0) is 38.0 Å². The van der Waals surface area contributed by atoms with E-state index in [2.05, 4.69) is 13.5 Å². The molecule has 0 aromatic carbocycles. The molecular formula is C19H27F3O5. The molecule has 4 saturated heterocycles. The van der Waals surface area contributed by atoms with E-state index in [1.807, 2.05) is 0 Å². The minimum atomic E-state index is -4.73. The van der Waals surface area contributed by atoms with Crippen LogP contribution in [0.4, 0.5) is 13.2 Å². The Bertz CT molecular complexity index is 613. The Balaban J connectivity index is 1.83. The van der Waals surface area contributed by atoms with Gasteiger partial charge in [0, 0.05) is 18.3 Å². The van der Waals surface area contributed by atoms with Crippen LogP contribution < -0.4 is 0 Å². The predicted octanol–water partition coefficient (Wildman–Crippen LogP) is 4.33. The van der Waals surface area contributed by atoms with Crippen LogP contribution in [0.5, 0.6) is 0 Å². The third-order valence-electron chi connectivity index (χ3n) is 7.07. The van der Waals surface area contributed by atoms with E-state index >= 15 is 0 Å². The molecule has 5 nitrogen and oxygen atoms in total. The van der Waals surface area contributed by atoms with Crippen molar-refractivity contribution in [3.63, 3.8) is 0 Å². The smallest absolute Gasteiger partial charge is 0.338 e. The quantitative estimate of drug-likeness (QED) is 0.529. The third kappa shape index (κ3) is 2.56. The molecule has 5 rings (SSSR count). The van der Waals surface area contributed by atoms with Crippen LogP contribution in [0, 0.1) is 23.7 Å². The molecule has 5 aliphatic rings. The molecule has 1 saturated carbocycles. The van der Waals surface area contributed by atoms with Gasteiger partial charge in [0.05, 0.1) is 6.61 Å². The first-order valence-corrected chi connectivity index (χ1v) is 9.64. The summed E-state index contributed by atoms with van der Waals surface area (Å²) >= 11 is 0. The van der Waals surface area contributed by atoms with Crippen LogP contribution >= 0.6 is 0 Å². The number of halogens is 3. The number of ether oxygens (including phenoxy) is 3. The molecule has 1 aliphatic carbocycles. The number of hydrogen-bond acceptors (Lipinski definition) is 5. The highest BCUT2D eigenvalue weighted by Gasteiger charge is 2.77. The average molecular weight is 392 g/mol. The first-order valence-electron chi connectivity index (χ1n) is 9.64. The SMILES string of the molecule is C=CCO[C@@]1(C(F)(F)F)O[C@@H]2O[C@]3(C)CC[C@H]4[C@H](C)CC[C@@H]([C@H]1C)C24OO3. The highest BCUT2D eigenvalue weighted by Crippen LogP contribution is 2.64. The summed E-state index contributed by atoms with van der Waals surface area (Å²) < 4.78 is 59.7. The first-order chi connectivity index (χ1) is 12.6. The number of fused-ring (bicyclic) bond motifs is 2. The van der Waals surface area contributed by atoms with Crippen LogP contribution in [0.3, 0.4) is 0 Å². The van der Waals surface area contributed by atoms with Crippen molar-refractivity contribution < 1.29 is 37.2 Å². The zero-order chi connectivity index (χ0) is 19.7. The van der Waals surface area contributed by atoms with Crippen molar-refractivity contribution in [2.45, 2.75) is 76.1 Å². The van der Waals surface area contributed by atoms with Crippen molar-refractivity contribution >= 4 is 0 Å². The molecule has 1 unspecified atom stereocenters. The molecule has 5 fully saturated rings. The molecule has 0 amide bonds. The molecule has 27 heavy (non-hydrogen) atoms. The van der Waals surface area contributed by atoms with Crippen molar-refractivity contribution in [2.24, 2.45) is 23.7 Å². The van der Waals surface area contributed by atoms with E-state index in [0.29, 0.717) is 12.8 Å². The van der Waals surface area contributed by atoms with Crippen molar-refractivity contribution in [1.29, 1.82) is 0 Å². The lowest BCUT2D eigenvalue weighted by Gasteiger charge is -2.62. The van der Waals surface area contributed by atoms with Crippen LogP contribution in [0.25, 0.3) is 0 Å². The second-order valence-corrected chi connectivity index (χ2v) is 8.58. The summed E-state index contributed by atoms with van der Waals surface area (Å²) in [6.07, 6.45) is -1.96. The van der Waals surface area contributed by atoms with E-state index in [4.69, 9.17) is 24.0 Å². The standard InChI is InChI=1S/C19H27F3O5/c1-5-10-23-18(19(20,21)22)12(3)14-7-6-11(2)13-8-9-16(4)24-15(25-18)17(13,14)27-26-16/h5,11-15H,1,6-10H2,2-4H3/t11-,12-,13+,14+,15+,16+,17?,18-/m1/s1. The van der Waals surface area contributed by atoms with Crippen LogP contribution in [0.15, 0.2) is 12.7 Å². The van der Waals surface area contributed by atoms with Gasteiger partial charge in [-0.1, -0.05) is 19.9 Å². The van der Waals surface area contributed by atoms with Crippen molar-refractivity contribution in [1.82, 2.24) is 0 Å². The summed E-state index contributed by atoms with van der Waals surface area (Å²) in [6.45, 7) is 8.52. The third-order valence-corrected chi connectivity index (χ3v) is 7.07. The minimum absolute atomic E-state index is 0.00124. The van der Waals surface area contributed by atoms with E-state index in [-0.39, 0.29) is 18.4 Å². The van der Waals surface area contributed by atoms with Crippen LogP contribution in [-0.4, -0.2) is 36.2 Å². The number of rotatable bonds is 3. The maximum absolute atomic E-state index is 14.3. The van der Waals surface area contributed by atoms with Gasteiger partial charge in [-0.25, -0.2) is 9.78 Å². The monoisotopic (exact) mass is 392 g/mol.